The zero-order valence-electron chi connectivity index (χ0n) is 16.2. The number of carbonyl (C=O) groups excluding carboxylic acids is 2. The standard InChI is InChI=1S/C21H24ClN3O3/c1-4-14-8-7-9-15(5-2)19(14)24-20(26)21(27)25-23-13-16-12-17(22)10-11-18(16)28-6-3/h7-13H,4-6H2,1-3H3,(H,24,26)(H,25,27)/b23-13-. The molecule has 2 N–H and O–H groups in total. The molecule has 0 aliphatic rings. The quantitative estimate of drug-likeness (QED) is 0.418. The normalized spacial score (nSPS) is 10.7. The van der Waals surface area contributed by atoms with E-state index in [1.165, 1.54) is 6.21 Å². The molecule has 6 nitrogen and oxygen atoms in total. The maximum atomic E-state index is 12.3. The highest BCUT2D eigenvalue weighted by atomic mass is 35.5. The van der Waals surface area contributed by atoms with Gasteiger partial charge in [0.05, 0.1) is 12.8 Å². The summed E-state index contributed by atoms with van der Waals surface area (Å²) in [6, 6.07) is 10.9. The second-order valence-electron chi connectivity index (χ2n) is 5.93. The number of carbonyl (C=O) groups is 2. The Morgan fingerprint density at radius 3 is 2.36 bits per heavy atom. The van der Waals surface area contributed by atoms with E-state index in [9.17, 15) is 9.59 Å². The molecule has 0 radical (unpaired) electrons. The lowest BCUT2D eigenvalue weighted by Crippen LogP contribution is -2.33. The summed E-state index contributed by atoms with van der Waals surface area (Å²) in [6.07, 6.45) is 2.88. The lowest BCUT2D eigenvalue weighted by Gasteiger charge is -2.13. The first-order chi connectivity index (χ1) is 13.5. The molecule has 148 valence electrons. The van der Waals surface area contributed by atoms with Crippen LogP contribution in [0.3, 0.4) is 0 Å². The van der Waals surface area contributed by atoms with Crippen molar-refractivity contribution >= 4 is 35.3 Å². The maximum Gasteiger partial charge on any atom is 0.329 e. The van der Waals surface area contributed by atoms with Gasteiger partial charge in [0.25, 0.3) is 0 Å². The van der Waals surface area contributed by atoms with Gasteiger partial charge in [-0.2, -0.15) is 5.10 Å². The summed E-state index contributed by atoms with van der Waals surface area (Å²) in [5, 5.41) is 7.06. The van der Waals surface area contributed by atoms with Crippen LogP contribution in [0.5, 0.6) is 5.75 Å². The Bertz CT molecular complexity index is 859. The van der Waals surface area contributed by atoms with Crippen LogP contribution in [-0.4, -0.2) is 24.6 Å². The number of nitrogens with one attached hydrogen (secondary N) is 2. The summed E-state index contributed by atoms with van der Waals surface area (Å²) in [7, 11) is 0. The minimum atomic E-state index is -0.857. The molecule has 0 atom stereocenters. The SMILES string of the molecule is CCOc1ccc(Cl)cc1/C=N\NC(=O)C(=O)Nc1c(CC)cccc1CC. The van der Waals surface area contributed by atoms with Crippen LogP contribution in [0.4, 0.5) is 5.69 Å². The van der Waals surface area contributed by atoms with Crippen molar-refractivity contribution in [1.29, 1.82) is 0 Å². The molecule has 28 heavy (non-hydrogen) atoms. The fraction of sp³-hybridized carbons (Fsp3) is 0.286. The first-order valence-corrected chi connectivity index (χ1v) is 9.55. The molecular weight excluding hydrogens is 378 g/mol. The third kappa shape index (κ3) is 5.57. The fourth-order valence-corrected chi connectivity index (χ4v) is 2.87. The van der Waals surface area contributed by atoms with Gasteiger partial charge < -0.3 is 10.1 Å². The van der Waals surface area contributed by atoms with E-state index in [4.69, 9.17) is 16.3 Å². The number of aryl methyl sites for hydroxylation is 2. The fourth-order valence-electron chi connectivity index (χ4n) is 2.69. The summed E-state index contributed by atoms with van der Waals surface area (Å²) < 4.78 is 5.49. The zero-order valence-corrected chi connectivity index (χ0v) is 17.0. The highest BCUT2D eigenvalue weighted by Gasteiger charge is 2.16. The molecule has 0 saturated carbocycles. The van der Waals surface area contributed by atoms with Gasteiger partial charge in [0, 0.05) is 16.3 Å². The first kappa shape index (κ1) is 21.4. The van der Waals surface area contributed by atoms with E-state index in [1.807, 2.05) is 39.0 Å². The topological polar surface area (TPSA) is 79.8 Å². The maximum absolute atomic E-state index is 12.3. The van der Waals surface area contributed by atoms with Gasteiger partial charge in [-0.3, -0.25) is 9.59 Å². The van der Waals surface area contributed by atoms with Gasteiger partial charge in [-0.05, 0) is 49.1 Å². The Morgan fingerprint density at radius 2 is 1.75 bits per heavy atom. The van der Waals surface area contributed by atoms with Crippen LogP contribution in [0.15, 0.2) is 41.5 Å². The van der Waals surface area contributed by atoms with E-state index in [1.54, 1.807) is 18.2 Å². The molecule has 2 aromatic rings. The molecule has 0 aromatic heterocycles. The second kappa shape index (κ2) is 10.5. The molecule has 0 heterocycles. The number of rotatable bonds is 7. The minimum absolute atomic E-state index is 0.480. The predicted octanol–water partition coefficient (Wildman–Crippen LogP) is 3.95. The van der Waals surface area contributed by atoms with E-state index in [0.717, 1.165) is 24.0 Å². The Morgan fingerprint density at radius 1 is 1.07 bits per heavy atom. The van der Waals surface area contributed by atoms with Gasteiger partial charge in [-0.25, -0.2) is 5.43 Å². The van der Waals surface area contributed by atoms with Crippen LogP contribution >= 0.6 is 11.6 Å². The van der Waals surface area contributed by atoms with Crippen LogP contribution in [0.1, 0.15) is 37.5 Å². The summed E-state index contributed by atoms with van der Waals surface area (Å²) in [5.74, 6) is -1.05. The van der Waals surface area contributed by atoms with Crippen molar-refractivity contribution in [3.8, 4) is 5.75 Å². The third-order valence-corrected chi connectivity index (χ3v) is 4.32. The van der Waals surface area contributed by atoms with Crippen LogP contribution in [-0.2, 0) is 22.4 Å². The molecule has 2 amide bonds. The summed E-state index contributed by atoms with van der Waals surface area (Å²) in [5.41, 5.74) is 5.47. The molecule has 0 saturated heterocycles. The number of para-hydroxylation sites is 1. The predicted molar refractivity (Wildman–Crippen MR) is 112 cm³/mol. The molecule has 0 aliphatic heterocycles. The largest absolute Gasteiger partial charge is 0.493 e. The van der Waals surface area contributed by atoms with Crippen LogP contribution < -0.4 is 15.5 Å². The van der Waals surface area contributed by atoms with Gasteiger partial charge in [0.1, 0.15) is 5.75 Å². The monoisotopic (exact) mass is 401 g/mol. The number of ether oxygens (including phenoxy) is 1. The molecule has 0 aliphatic carbocycles. The Balaban J connectivity index is 2.07. The number of hydrazone groups is 1. The number of benzene rings is 2. The highest BCUT2D eigenvalue weighted by molar-refractivity contribution is 6.39. The minimum Gasteiger partial charge on any atom is -0.493 e. The van der Waals surface area contributed by atoms with E-state index < -0.39 is 11.8 Å². The van der Waals surface area contributed by atoms with Gasteiger partial charge in [-0.15, -0.1) is 0 Å². The second-order valence-corrected chi connectivity index (χ2v) is 6.36. The number of halogens is 1. The Labute approximate surface area is 169 Å². The van der Waals surface area contributed by atoms with Crippen molar-refractivity contribution < 1.29 is 14.3 Å². The number of hydrogen-bond acceptors (Lipinski definition) is 4. The Hall–Kier alpha value is -2.86. The van der Waals surface area contributed by atoms with Gasteiger partial charge in [-0.1, -0.05) is 43.6 Å². The van der Waals surface area contributed by atoms with Crippen molar-refractivity contribution in [3.05, 3.63) is 58.1 Å². The summed E-state index contributed by atoms with van der Waals surface area (Å²) >= 11 is 5.99. The molecule has 2 aromatic carbocycles. The van der Waals surface area contributed by atoms with E-state index in [0.29, 0.717) is 28.6 Å². The lowest BCUT2D eigenvalue weighted by molar-refractivity contribution is -0.136. The molecule has 0 unspecified atom stereocenters. The average molecular weight is 402 g/mol. The number of nitrogens with zero attached hydrogens (tertiary/aromatic N) is 1. The van der Waals surface area contributed by atoms with Crippen molar-refractivity contribution in [2.75, 3.05) is 11.9 Å². The van der Waals surface area contributed by atoms with Crippen molar-refractivity contribution in [2.45, 2.75) is 33.6 Å². The molecule has 0 bridgehead atoms. The number of amides is 2. The van der Waals surface area contributed by atoms with Gasteiger partial charge >= 0.3 is 11.8 Å². The number of anilines is 1. The van der Waals surface area contributed by atoms with Crippen molar-refractivity contribution in [1.82, 2.24) is 5.43 Å². The molecular formula is C21H24ClN3O3. The van der Waals surface area contributed by atoms with Crippen LogP contribution in [0.25, 0.3) is 0 Å². The molecule has 0 spiro atoms. The van der Waals surface area contributed by atoms with Gasteiger partial charge in [0.2, 0.25) is 0 Å². The first-order valence-electron chi connectivity index (χ1n) is 9.17. The van der Waals surface area contributed by atoms with Gasteiger partial charge in [0.15, 0.2) is 0 Å². The van der Waals surface area contributed by atoms with E-state index >= 15 is 0 Å². The Kier molecular flexibility index (Phi) is 8.02. The van der Waals surface area contributed by atoms with Crippen molar-refractivity contribution in [3.63, 3.8) is 0 Å². The third-order valence-electron chi connectivity index (χ3n) is 4.09. The van der Waals surface area contributed by atoms with Crippen LogP contribution in [0.2, 0.25) is 5.02 Å². The number of hydrogen-bond donors (Lipinski definition) is 2. The average Bonchev–Trinajstić information content (AvgIpc) is 2.70. The highest BCUT2D eigenvalue weighted by Crippen LogP contribution is 2.23. The summed E-state index contributed by atoms with van der Waals surface area (Å²) in [6.45, 7) is 6.33. The van der Waals surface area contributed by atoms with Crippen LogP contribution in [0, 0.1) is 0 Å². The molecule has 7 heteroatoms. The molecule has 2 rings (SSSR count). The lowest BCUT2D eigenvalue weighted by atomic mass is 10.0. The zero-order chi connectivity index (χ0) is 20.5. The molecule has 0 fully saturated rings. The van der Waals surface area contributed by atoms with E-state index in [2.05, 4.69) is 15.8 Å². The van der Waals surface area contributed by atoms with Crippen molar-refractivity contribution in [2.24, 2.45) is 5.10 Å². The van der Waals surface area contributed by atoms with E-state index in [-0.39, 0.29) is 0 Å². The smallest absolute Gasteiger partial charge is 0.329 e. The summed E-state index contributed by atoms with van der Waals surface area (Å²) in [4.78, 5) is 24.4.